The molecule has 12 heteroatoms. The number of likely N-dealkylation sites (tertiary alicyclic amines) is 3. The van der Waals surface area contributed by atoms with Crippen molar-refractivity contribution in [2.75, 3.05) is 19.6 Å². The number of amides is 3. The number of fused-ring (bicyclic) bond motifs is 2. The molecule has 0 radical (unpaired) electrons. The maximum absolute atomic E-state index is 13.6. The van der Waals surface area contributed by atoms with E-state index >= 15 is 0 Å². The van der Waals surface area contributed by atoms with Gasteiger partial charge >= 0.3 is 12.3 Å². The van der Waals surface area contributed by atoms with Gasteiger partial charge < -0.3 is 19.9 Å². The van der Waals surface area contributed by atoms with Crippen molar-refractivity contribution in [2.24, 2.45) is 5.92 Å². The van der Waals surface area contributed by atoms with E-state index in [1.807, 2.05) is 11.8 Å². The second-order valence-electron chi connectivity index (χ2n) is 12.1. The number of nitriles is 1. The highest BCUT2D eigenvalue weighted by molar-refractivity contribution is 5.88. The molecule has 6 atom stereocenters. The molecule has 3 aliphatic rings. The topological polar surface area (TPSA) is 106 Å². The Kier molecular flexibility index (Phi) is 8.09. The molecule has 3 aliphatic heterocycles. The number of hydrogen-bond donors (Lipinski definition) is 1. The summed E-state index contributed by atoms with van der Waals surface area (Å²) in [4.78, 5) is 44.7. The summed E-state index contributed by atoms with van der Waals surface area (Å²) < 4.78 is 44.3. The van der Waals surface area contributed by atoms with E-state index in [0.29, 0.717) is 31.5 Å². The largest absolute Gasteiger partial charge is 0.444 e. The fraction of sp³-hybridized carbons (Fsp3) is 0.643. The summed E-state index contributed by atoms with van der Waals surface area (Å²) in [7, 11) is 0. The molecule has 0 saturated carbocycles. The normalized spacial score (nSPS) is 26.5. The summed E-state index contributed by atoms with van der Waals surface area (Å²) in [5, 5.41) is 12.3. The van der Waals surface area contributed by atoms with Crippen molar-refractivity contribution >= 4 is 17.9 Å². The first-order chi connectivity index (χ1) is 18.6. The van der Waals surface area contributed by atoms with Crippen LogP contribution in [0.2, 0.25) is 0 Å². The predicted octanol–water partition coefficient (Wildman–Crippen LogP) is 3.71. The van der Waals surface area contributed by atoms with Gasteiger partial charge in [-0.1, -0.05) is 19.1 Å². The summed E-state index contributed by atoms with van der Waals surface area (Å²) >= 11 is 0. The molecule has 1 aromatic carbocycles. The van der Waals surface area contributed by atoms with Crippen LogP contribution in [-0.4, -0.2) is 82.0 Å². The van der Waals surface area contributed by atoms with E-state index in [4.69, 9.17) is 4.74 Å². The molecule has 4 rings (SSSR count). The number of piperazine rings is 1. The number of nitrogens with one attached hydrogen (secondary N) is 1. The van der Waals surface area contributed by atoms with E-state index < -0.39 is 53.5 Å². The zero-order valence-corrected chi connectivity index (χ0v) is 23.4. The molecule has 5 unspecified atom stereocenters. The van der Waals surface area contributed by atoms with Gasteiger partial charge in [-0.3, -0.25) is 14.5 Å². The lowest BCUT2D eigenvalue weighted by atomic mass is 10.0. The number of alkyl carbamates (subject to hydrolysis) is 1. The number of benzene rings is 1. The Balaban J connectivity index is 1.48. The van der Waals surface area contributed by atoms with Crippen molar-refractivity contribution in [2.45, 2.75) is 89.4 Å². The van der Waals surface area contributed by atoms with Crippen LogP contribution in [-0.2, 0) is 20.5 Å². The smallest absolute Gasteiger partial charge is 0.416 e. The third kappa shape index (κ3) is 6.19. The van der Waals surface area contributed by atoms with Crippen molar-refractivity contribution in [1.82, 2.24) is 20.0 Å². The van der Waals surface area contributed by atoms with E-state index in [9.17, 15) is 32.8 Å². The fourth-order valence-electron chi connectivity index (χ4n) is 5.99. The zero-order valence-electron chi connectivity index (χ0n) is 23.4. The summed E-state index contributed by atoms with van der Waals surface area (Å²) in [5.74, 6) is -0.427. The minimum atomic E-state index is -4.44. The minimum Gasteiger partial charge on any atom is -0.444 e. The number of ether oxygens (including phenoxy) is 1. The van der Waals surface area contributed by atoms with Crippen LogP contribution in [0.5, 0.6) is 0 Å². The maximum atomic E-state index is 13.6. The Hall–Kier alpha value is -3.33. The lowest BCUT2D eigenvalue weighted by Gasteiger charge is -2.39. The first-order valence-corrected chi connectivity index (χ1v) is 13.5. The molecule has 40 heavy (non-hydrogen) atoms. The van der Waals surface area contributed by atoms with Crippen molar-refractivity contribution < 1.29 is 32.3 Å². The third-order valence-electron chi connectivity index (χ3n) is 7.80. The number of nitrogens with zero attached hydrogens (tertiary/aromatic N) is 4. The molecule has 1 N–H and O–H groups in total. The van der Waals surface area contributed by atoms with Gasteiger partial charge in [-0.05, 0) is 64.2 Å². The Morgan fingerprint density at radius 3 is 2.35 bits per heavy atom. The maximum Gasteiger partial charge on any atom is 0.416 e. The molecular formula is C28H36F3N5O4. The summed E-state index contributed by atoms with van der Waals surface area (Å²) in [6, 6.07) is 4.24. The van der Waals surface area contributed by atoms with Gasteiger partial charge in [0.25, 0.3) is 0 Å². The Morgan fingerprint density at radius 2 is 1.80 bits per heavy atom. The van der Waals surface area contributed by atoms with Crippen LogP contribution in [0.1, 0.15) is 64.6 Å². The van der Waals surface area contributed by atoms with E-state index in [2.05, 4.69) is 11.4 Å². The van der Waals surface area contributed by atoms with E-state index in [1.54, 1.807) is 32.6 Å². The van der Waals surface area contributed by atoms with E-state index in [-0.39, 0.29) is 24.4 Å². The third-order valence-corrected chi connectivity index (χ3v) is 7.80. The number of carbonyl (C=O) groups excluding carboxylic acids is 3. The average molecular weight is 564 g/mol. The summed E-state index contributed by atoms with van der Waals surface area (Å²) in [6.45, 7) is 9.78. The zero-order chi connectivity index (χ0) is 29.6. The van der Waals surface area contributed by atoms with E-state index in [0.717, 1.165) is 12.1 Å². The molecule has 3 saturated heterocycles. The Bertz CT molecular complexity index is 1180. The molecule has 1 aromatic rings. The van der Waals surface area contributed by atoms with Crippen LogP contribution in [0.4, 0.5) is 18.0 Å². The van der Waals surface area contributed by atoms with Crippen molar-refractivity contribution in [1.29, 1.82) is 5.26 Å². The highest BCUT2D eigenvalue weighted by atomic mass is 19.4. The molecule has 3 amide bonds. The molecule has 218 valence electrons. The van der Waals surface area contributed by atoms with E-state index in [1.165, 1.54) is 17.0 Å². The number of alkyl halides is 3. The molecule has 9 nitrogen and oxygen atoms in total. The van der Waals surface area contributed by atoms with Gasteiger partial charge in [0, 0.05) is 25.7 Å². The van der Waals surface area contributed by atoms with Crippen LogP contribution < -0.4 is 5.32 Å². The first kappa shape index (κ1) is 29.6. The van der Waals surface area contributed by atoms with Gasteiger partial charge in [0.2, 0.25) is 11.8 Å². The second-order valence-corrected chi connectivity index (χ2v) is 12.1. The van der Waals surface area contributed by atoms with Crippen molar-refractivity contribution in [3.63, 3.8) is 0 Å². The molecule has 0 spiro atoms. The summed E-state index contributed by atoms with van der Waals surface area (Å²) in [5.41, 5.74) is -0.930. The van der Waals surface area contributed by atoms with Crippen molar-refractivity contribution in [3.8, 4) is 6.07 Å². The summed E-state index contributed by atoms with van der Waals surface area (Å²) in [6.07, 6.45) is -4.14. The number of hydrogen-bond acceptors (Lipinski definition) is 6. The number of carbonyl (C=O) groups is 3. The Morgan fingerprint density at radius 1 is 1.15 bits per heavy atom. The van der Waals surface area contributed by atoms with Gasteiger partial charge in [-0.2, -0.15) is 18.4 Å². The fourth-order valence-corrected chi connectivity index (χ4v) is 5.99. The average Bonchev–Trinajstić information content (AvgIpc) is 3.53. The van der Waals surface area contributed by atoms with Crippen LogP contribution in [0.3, 0.4) is 0 Å². The highest BCUT2D eigenvalue weighted by Gasteiger charge is 2.52. The molecule has 0 aromatic heterocycles. The molecule has 3 fully saturated rings. The van der Waals surface area contributed by atoms with Crippen molar-refractivity contribution in [3.05, 3.63) is 35.4 Å². The van der Waals surface area contributed by atoms with Crippen LogP contribution in [0.25, 0.3) is 0 Å². The van der Waals surface area contributed by atoms with Gasteiger partial charge in [-0.15, -0.1) is 0 Å². The van der Waals surface area contributed by atoms with Gasteiger partial charge in [0.15, 0.2) is 0 Å². The molecule has 0 aliphatic carbocycles. The lowest BCUT2D eigenvalue weighted by molar-refractivity contribution is -0.141. The van der Waals surface area contributed by atoms with Gasteiger partial charge in [-0.25, -0.2) is 4.79 Å². The second kappa shape index (κ2) is 10.9. The van der Waals surface area contributed by atoms with Crippen LogP contribution in [0, 0.1) is 17.2 Å². The quantitative estimate of drug-likeness (QED) is 0.566. The first-order valence-electron chi connectivity index (χ1n) is 13.5. The van der Waals surface area contributed by atoms with Gasteiger partial charge in [0.1, 0.15) is 17.7 Å². The minimum absolute atomic E-state index is 0.0660. The standard InChI is InChI=1S/C28H36F3N5O4/c1-16-10-20(12-32)35(13-16)24(37)22(33-26(39)40-27(3,4)5)15-34-14-21-11-23(34)25(38)36(21)17(2)18-6-8-19(9-7-18)28(29,30)31/h6-9,16-17,20-23H,10-11,13-15H2,1-5H3,(H,33,39)/t16?,17-,20?,21?,22?,23?/m0/s1. The molecule has 2 bridgehead atoms. The molecular weight excluding hydrogens is 527 g/mol. The predicted molar refractivity (Wildman–Crippen MR) is 139 cm³/mol. The molecule has 3 heterocycles. The van der Waals surface area contributed by atoms with Crippen LogP contribution >= 0.6 is 0 Å². The number of rotatable bonds is 6. The van der Waals surface area contributed by atoms with Crippen LogP contribution in [0.15, 0.2) is 24.3 Å². The SMILES string of the molecule is CC1CC(C#N)N(C(=O)C(CN2CC3CC2C(=O)N3[C@@H](C)c2ccc(C(F)(F)F)cc2)NC(=O)OC(C)(C)C)C1. The number of halogens is 3. The lowest BCUT2D eigenvalue weighted by Crippen LogP contribution is -2.59. The highest BCUT2D eigenvalue weighted by Crippen LogP contribution is 2.39. The Labute approximate surface area is 232 Å². The van der Waals surface area contributed by atoms with Gasteiger partial charge in [0.05, 0.1) is 23.7 Å². The monoisotopic (exact) mass is 563 g/mol.